The number of likely N-dealkylation sites (tertiary alicyclic amines) is 1. The van der Waals surface area contributed by atoms with Crippen LogP contribution in [0.4, 0.5) is 0 Å². The Morgan fingerprint density at radius 2 is 1.73 bits per heavy atom. The summed E-state index contributed by atoms with van der Waals surface area (Å²) >= 11 is 0. The number of carbonyl (C=O) groups is 2. The number of hydrogen-bond acceptors (Lipinski definition) is 4. The van der Waals surface area contributed by atoms with Crippen LogP contribution in [-0.2, 0) is 16.2 Å². The molecule has 0 spiro atoms. The van der Waals surface area contributed by atoms with Gasteiger partial charge in [0.2, 0.25) is 0 Å². The maximum atomic E-state index is 11.8. The summed E-state index contributed by atoms with van der Waals surface area (Å²) in [5, 5.41) is 3.84. The van der Waals surface area contributed by atoms with Crippen LogP contribution in [0.5, 0.6) is 5.75 Å². The largest absolute Gasteiger partial charge is 0.489 e. The second-order valence-electron chi connectivity index (χ2n) is 6.04. The quantitative estimate of drug-likeness (QED) is 0.511. The molecule has 0 saturated carbocycles. The van der Waals surface area contributed by atoms with E-state index in [0.29, 0.717) is 19.7 Å². The van der Waals surface area contributed by atoms with Crippen LogP contribution in [0.25, 0.3) is 0 Å². The van der Waals surface area contributed by atoms with Gasteiger partial charge in [-0.25, -0.2) is 5.43 Å². The first-order valence-corrected chi connectivity index (χ1v) is 8.61. The summed E-state index contributed by atoms with van der Waals surface area (Å²) in [6.07, 6.45) is 3.39. The first-order chi connectivity index (χ1) is 12.7. The third-order valence-corrected chi connectivity index (χ3v) is 4.10. The summed E-state index contributed by atoms with van der Waals surface area (Å²) in [5.74, 6) is -0.477. The Morgan fingerprint density at radius 3 is 2.42 bits per heavy atom. The van der Waals surface area contributed by atoms with Gasteiger partial charge in [0.25, 0.3) is 0 Å². The predicted octanol–water partition coefficient (Wildman–Crippen LogP) is 2.34. The number of rotatable bonds is 5. The van der Waals surface area contributed by atoms with E-state index in [1.165, 1.54) is 6.21 Å². The van der Waals surface area contributed by atoms with Crippen molar-refractivity contribution < 1.29 is 14.3 Å². The minimum atomic E-state index is -0.703. The topological polar surface area (TPSA) is 71.0 Å². The van der Waals surface area contributed by atoms with Crippen molar-refractivity contribution in [1.82, 2.24) is 10.3 Å². The van der Waals surface area contributed by atoms with E-state index in [2.05, 4.69) is 10.5 Å². The van der Waals surface area contributed by atoms with Crippen LogP contribution in [0.2, 0.25) is 0 Å². The van der Waals surface area contributed by atoms with Gasteiger partial charge in [0.05, 0.1) is 6.21 Å². The van der Waals surface area contributed by atoms with Crippen LogP contribution in [0.15, 0.2) is 59.7 Å². The maximum absolute atomic E-state index is 11.8. The zero-order valence-corrected chi connectivity index (χ0v) is 14.4. The molecule has 6 heteroatoms. The van der Waals surface area contributed by atoms with Gasteiger partial charge in [0, 0.05) is 13.1 Å². The number of carbonyl (C=O) groups excluding carboxylic acids is 2. The van der Waals surface area contributed by atoms with E-state index in [9.17, 15) is 9.59 Å². The molecular formula is C20H21N3O3. The smallest absolute Gasteiger partial charge is 0.329 e. The SMILES string of the molecule is O=C(N/N=C\c1ccc(OCc2ccccc2)cc1)C(=O)N1CCCC1. The van der Waals surface area contributed by atoms with Crippen molar-refractivity contribution in [3.05, 3.63) is 65.7 Å². The van der Waals surface area contributed by atoms with Crippen molar-refractivity contribution in [2.24, 2.45) is 5.10 Å². The van der Waals surface area contributed by atoms with Gasteiger partial charge < -0.3 is 9.64 Å². The molecule has 2 aromatic rings. The summed E-state index contributed by atoms with van der Waals surface area (Å²) in [4.78, 5) is 25.1. The molecule has 3 rings (SSSR count). The molecule has 0 aliphatic carbocycles. The molecule has 1 heterocycles. The average molecular weight is 351 g/mol. The number of benzene rings is 2. The minimum Gasteiger partial charge on any atom is -0.489 e. The fourth-order valence-electron chi connectivity index (χ4n) is 2.67. The zero-order valence-electron chi connectivity index (χ0n) is 14.4. The normalized spacial score (nSPS) is 13.8. The van der Waals surface area contributed by atoms with Crippen LogP contribution in [0.3, 0.4) is 0 Å². The lowest BCUT2D eigenvalue weighted by Crippen LogP contribution is -2.39. The number of nitrogens with one attached hydrogen (secondary N) is 1. The van der Waals surface area contributed by atoms with Crippen molar-refractivity contribution in [1.29, 1.82) is 0 Å². The van der Waals surface area contributed by atoms with Gasteiger partial charge in [-0.3, -0.25) is 9.59 Å². The highest BCUT2D eigenvalue weighted by atomic mass is 16.5. The molecule has 1 aliphatic heterocycles. The van der Waals surface area contributed by atoms with Gasteiger partial charge >= 0.3 is 11.8 Å². The molecule has 2 aromatic carbocycles. The Morgan fingerprint density at radius 1 is 1.04 bits per heavy atom. The summed E-state index contributed by atoms with van der Waals surface area (Å²) in [6, 6.07) is 17.3. The molecule has 6 nitrogen and oxygen atoms in total. The first-order valence-electron chi connectivity index (χ1n) is 8.61. The highest BCUT2D eigenvalue weighted by Crippen LogP contribution is 2.13. The van der Waals surface area contributed by atoms with Crippen LogP contribution < -0.4 is 10.2 Å². The first kappa shape index (κ1) is 17.7. The Labute approximate surface area is 152 Å². The molecule has 1 N–H and O–H groups in total. The summed E-state index contributed by atoms with van der Waals surface area (Å²) in [7, 11) is 0. The highest BCUT2D eigenvalue weighted by Gasteiger charge is 2.23. The summed E-state index contributed by atoms with van der Waals surface area (Å²) in [5.41, 5.74) is 4.17. The van der Waals surface area contributed by atoms with Gasteiger partial charge in [-0.05, 0) is 48.2 Å². The van der Waals surface area contributed by atoms with Crippen LogP contribution in [0.1, 0.15) is 24.0 Å². The molecule has 26 heavy (non-hydrogen) atoms. The molecule has 1 fully saturated rings. The molecule has 0 aromatic heterocycles. The van der Waals surface area contributed by atoms with Gasteiger partial charge in [0.1, 0.15) is 12.4 Å². The van der Waals surface area contributed by atoms with E-state index in [-0.39, 0.29) is 0 Å². The fourth-order valence-corrected chi connectivity index (χ4v) is 2.67. The van der Waals surface area contributed by atoms with Crippen molar-refractivity contribution in [3.63, 3.8) is 0 Å². The molecule has 0 radical (unpaired) electrons. The molecule has 2 amide bonds. The lowest BCUT2D eigenvalue weighted by Gasteiger charge is -2.12. The number of ether oxygens (including phenoxy) is 1. The summed E-state index contributed by atoms with van der Waals surface area (Å²) < 4.78 is 5.71. The van der Waals surface area contributed by atoms with Crippen molar-refractivity contribution in [2.75, 3.05) is 13.1 Å². The second-order valence-corrected chi connectivity index (χ2v) is 6.04. The van der Waals surface area contributed by atoms with Crippen molar-refractivity contribution in [2.45, 2.75) is 19.4 Å². The third-order valence-electron chi connectivity index (χ3n) is 4.10. The Bertz CT molecular complexity index is 767. The monoisotopic (exact) mass is 351 g/mol. The van der Waals surface area contributed by atoms with E-state index < -0.39 is 11.8 Å². The Balaban J connectivity index is 1.46. The van der Waals surface area contributed by atoms with Gasteiger partial charge in [-0.1, -0.05) is 30.3 Å². The van der Waals surface area contributed by atoms with E-state index in [0.717, 1.165) is 29.7 Å². The predicted molar refractivity (Wildman–Crippen MR) is 98.8 cm³/mol. The molecular weight excluding hydrogens is 330 g/mol. The molecule has 0 unspecified atom stereocenters. The number of amides is 2. The van der Waals surface area contributed by atoms with Gasteiger partial charge in [-0.2, -0.15) is 5.10 Å². The van der Waals surface area contributed by atoms with Crippen LogP contribution in [-0.4, -0.2) is 36.0 Å². The number of nitrogens with zero attached hydrogens (tertiary/aromatic N) is 2. The number of hydrogen-bond donors (Lipinski definition) is 1. The lowest BCUT2D eigenvalue weighted by molar-refractivity contribution is -0.145. The van der Waals surface area contributed by atoms with E-state index in [1.54, 1.807) is 4.90 Å². The minimum absolute atomic E-state index is 0.503. The third kappa shape index (κ3) is 4.92. The van der Waals surface area contributed by atoms with Crippen LogP contribution in [0, 0.1) is 0 Å². The van der Waals surface area contributed by atoms with Crippen molar-refractivity contribution in [3.8, 4) is 5.75 Å². The molecule has 134 valence electrons. The lowest BCUT2D eigenvalue weighted by atomic mass is 10.2. The average Bonchev–Trinajstić information content (AvgIpc) is 3.22. The zero-order chi connectivity index (χ0) is 18.2. The molecule has 0 bridgehead atoms. The maximum Gasteiger partial charge on any atom is 0.329 e. The standard InChI is InChI=1S/C20H21N3O3/c24-19(20(25)23-12-4-5-13-23)22-21-14-16-8-10-18(11-9-16)26-15-17-6-2-1-3-7-17/h1-3,6-11,14H,4-5,12-13,15H2,(H,22,24)/b21-14-. The van der Waals surface area contributed by atoms with E-state index in [4.69, 9.17) is 4.74 Å². The van der Waals surface area contributed by atoms with E-state index in [1.807, 2.05) is 54.6 Å². The van der Waals surface area contributed by atoms with Crippen molar-refractivity contribution >= 4 is 18.0 Å². The highest BCUT2D eigenvalue weighted by molar-refractivity contribution is 6.35. The molecule has 1 saturated heterocycles. The molecule has 1 aliphatic rings. The fraction of sp³-hybridized carbons (Fsp3) is 0.250. The Kier molecular flexibility index (Phi) is 5.98. The van der Waals surface area contributed by atoms with Gasteiger partial charge in [0.15, 0.2) is 0 Å². The van der Waals surface area contributed by atoms with Gasteiger partial charge in [-0.15, -0.1) is 0 Å². The summed E-state index contributed by atoms with van der Waals surface area (Å²) in [6.45, 7) is 1.78. The Hall–Kier alpha value is -3.15. The van der Waals surface area contributed by atoms with Crippen LogP contribution >= 0.6 is 0 Å². The number of hydrazone groups is 1. The van der Waals surface area contributed by atoms with E-state index >= 15 is 0 Å². The molecule has 0 atom stereocenters. The second kappa shape index (κ2) is 8.80.